The normalized spacial score (nSPS) is 10.3. The minimum atomic E-state index is 0.0894. The molecule has 1 N–H and O–H groups in total. The highest BCUT2D eigenvalue weighted by molar-refractivity contribution is 5.34. The zero-order valence-corrected chi connectivity index (χ0v) is 7.89. The van der Waals surface area contributed by atoms with Crippen LogP contribution in [0.25, 0.3) is 0 Å². The van der Waals surface area contributed by atoms with Crippen LogP contribution in [0.5, 0.6) is 0 Å². The largest absolute Gasteiger partial charge is 0.392 e. The molecule has 0 amide bonds. The summed E-state index contributed by atoms with van der Waals surface area (Å²) in [5, 5.41) is 8.99. The van der Waals surface area contributed by atoms with Crippen LogP contribution in [-0.2, 0) is 13.0 Å². The van der Waals surface area contributed by atoms with Gasteiger partial charge in [-0.05, 0) is 37.0 Å². The Kier molecular flexibility index (Phi) is 2.82. The molecule has 0 spiro atoms. The topological polar surface area (TPSA) is 33.1 Å². The van der Waals surface area contributed by atoms with E-state index in [-0.39, 0.29) is 6.61 Å². The van der Waals surface area contributed by atoms with Crippen LogP contribution >= 0.6 is 0 Å². The third kappa shape index (κ3) is 1.48. The van der Waals surface area contributed by atoms with Gasteiger partial charge in [-0.3, -0.25) is 4.98 Å². The van der Waals surface area contributed by atoms with E-state index >= 15 is 0 Å². The third-order valence-corrected chi connectivity index (χ3v) is 2.31. The summed E-state index contributed by atoms with van der Waals surface area (Å²) in [5.41, 5.74) is 4.47. The van der Waals surface area contributed by atoms with Gasteiger partial charge in [-0.25, -0.2) is 0 Å². The first-order valence-corrected chi connectivity index (χ1v) is 4.25. The van der Waals surface area contributed by atoms with Crippen molar-refractivity contribution in [2.24, 2.45) is 0 Å². The smallest absolute Gasteiger partial charge is 0.0699 e. The van der Waals surface area contributed by atoms with Gasteiger partial charge in [0.05, 0.1) is 6.61 Å². The fourth-order valence-corrected chi connectivity index (χ4v) is 1.50. The van der Waals surface area contributed by atoms with Crippen molar-refractivity contribution in [1.29, 1.82) is 0 Å². The molecule has 0 saturated heterocycles. The van der Waals surface area contributed by atoms with Gasteiger partial charge in [0.1, 0.15) is 0 Å². The van der Waals surface area contributed by atoms with Crippen LogP contribution in [0.3, 0.4) is 0 Å². The van der Waals surface area contributed by atoms with Gasteiger partial charge in [0.25, 0.3) is 0 Å². The molecular formula is C10H15NO. The molecule has 0 aliphatic carbocycles. The van der Waals surface area contributed by atoms with Gasteiger partial charge in [-0.1, -0.05) is 6.92 Å². The van der Waals surface area contributed by atoms with E-state index in [4.69, 9.17) is 5.11 Å². The van der Waals surface area contributed by atoms with Gasteiger partial charge in [-0.2, -0.15) is 0 Å². The molecule has 1 heterocycles. The van der Waals surface area contributed by atoms with E-state index in [2.05, 4.69) is 11.9 Å². The van der Waals surface area contributed by atoms with E-state index in [1.807, 2.05) is 13.8 Å². The highest BCUT2D eigenvalue weighted by Gasteiger charge is 2.05. The lowest BCUT2D eigenvalue weighted by molar-refractivity contribution is 0.280. The summed E-state index contributed by atoms with van der Waals surface area (Å²) in [6.45, 7) is 6.25. The molecule has 0 aromatic carbocycles. The maximum atomic E-state index is 8.99. The Morgan fingerprint density at radius 1 is 1.42 bits per heavy atom. The van der Waals surface area contributed by atoms with E-state index in [1.165, 1.54) is 11.1 Å². The van der Waals surface area contributed by atoms with Gasteiger partial charge in [0.2, 0.25) is 0 Å². The second kappa shape index (κ2) is 3.68. The van der Waals surface area contributed by atoms with E-state index in [9.17, 15) is 0 Å². The minimum Gasteiger partial charge on any atom is -0.392 e. The van der Waals surface area contributed by atoms with Gasteiger partial charge < -0.3 is 5.11 Å². The van der Waals surface area contributed by atoms with E-state index in [1.54, 1.807) is 6.20 Å². The number of nitrogens with zero attached hydrogens (tertiary/aromatic N) is 1. The van der Waals surface area contributed by atoms with Crippen molar-refractivity contribution in [2.45, 2.75) is 33.8 Å². The highest BCUT2D eigenvalue weighted by Crippen LogP contribution is 2.16. The van der Waals surface area contributed by atoms with E-state index < -0.39 is 0 Å². The van der Waals surface area contributed by atoms with Gasteiger partial charge in [0, 0.05) is 11.9 Å². The zero-order chi connectivity index (χ0) is 9.14. The monoisotopic (exact) mass is 165 g/mol. The van der Waals surface area contributed by atoms with Crippen molar-refractivity contribution in [1.82, 2.24) is 4.98 Å². The molecule has 0 fully saturated rings. The molecule has 1 aromatic heterocycles. The first-order valence-electron chi connectivity index (χ1n) is 4.25. The van der Waals surface area contributed by atoms with Crippen molar-refractivity contribution in [3.05, 3.63) is 28.6 Å². The Bertz CT molecular complexity index is 281. The number of aromatic nitrogens is 1. The van der Waals surface area contributed by atoms with Crippen molar-refractivity contribution >= 4 is 0 Å². The summed E-state index contributed by atoms with van der Waals surface area (Å²) in [5.74, 6) is 0. The molecule has 0 saturated carbocycles. The van der Waals surface area contributed by atoms with Crippen LogP contribution in [0.2, 0.25) is 0 Å². The second-order valence-corrected chi connectivity index (χ2v) is 2.98. The predicted molar refractivity (Wildman–Crippen MR) is 49.0 cm³/mol. The maximum absolute atomic E-state index is 8.99. The van der Waals surface area contributed by atoms with Crippen LogP contribution < -0.4 is 0 Å². The van der Waals surface area contributed by atoms with Crippen molar-refractivity contribution in [2.75, 3.05) is 0 Å². The molecule has 1 rings (SSSR count). The fraction of sp³-hybridized carbons (Fsp3) is 0.500. The van der Waals surface area contributed by atoms with Crippen LogP contribution in [0.1, 0.15) is 29.3 Å². The van der Waals surface area contributed by atoms with Crippen LogP contribution in [-0.4, -0.2) is 10.1 Å². The molecule has 0 atom stereocenters. The van der Waals surface area contributed by atoms with Gasteiger partial charge >= 0.3 is 0 Å². The van der Waals surface area contributed by atoms with Crippen molar-refractivity contribution in [3.63, 3.8) is 0 Å². The second-order valence-electron chi connectivity index (χ2n) is 2.98. The number of pyridine rings is 1. The van der Waals surface area contributed by atoms with Crippen molar-refractivity contribution < 1.29 is 5.11 Å². The number of aliphatic hydroxyl groups excluding tert-OH is 1. The zero-order valence-electron chi connectivity index (χ0n) is 7.89. The molecule has 0 radical (unpaired) electrons. The molecule has 0 aliphatic heterocycles. The summed E-state index contributed by atoms with van der Waals surface area (Å²) < 4.78 is 0. The number of rotatable bonds is 2. The Labute approximate surface area is 73.3 Å². The third-order valence-electron chi connectivity index (χ3n) is 2.31. The average Bonchev–Trinajstić information content (AvgIpc) is 2.06. The van der Waals surface area contributed by atoms with Crippen molar-refractivity contribution in [3.8, 4) is 0 Å². The van der Waals surface area contributed by atoms with E-state index in [0.29, 0.717) is 0 Å². The molecule has 0 unspecified atom stereocenters. The van der Waals surface area contributed by atoms with E-state index in [0.717, 1.165) is 17.7 Å². The van der Waals surface area contributed by atoms with Crippen LogP contribution in [0.15, 0.2) is 6.20 Å². The molecule has 12 heavy (non-hydrogen) atoms. The maximum Gasteiger partial charge on any atom is 0.0699 e. The van der Waals surface area contributed by atoms with Gasteiger partial charge in [0.15, 0.2) is 0 Å². The molecular weight excluding hydrogens is 150 g/mol. The first kappa shape index (κ1) is 9.20. The quantitative estimate of drug-likeness (QED) is 0.724. The summed E-state index contributed by atoms with van der Waals surface area (Å²) in [7, 11) is 0. The fourth-order valence-electron chi connectivity index (χ4n) is 1.50. The SMILES string of the molecule is CCc1c(C)ncc(CO)c1C. The highest BCUT2D eigenvalue weighted by atomic mass is 16.3. The number of aliphatic hydroxyl groups is 1. The molecule has 2 nitrogen and oxygen atoms in total. The summed E-state index contributed by atoms with van der Waals surface area (Å²) in [6.07, 6.45) is 2.74. The average molecular weight is 165 g/mol. The Balaban J connectivity index is 3.24. The molecule has 66 valence electrons. The number of aryl methyl sites for hydroxylation is 1. The molecule has 2 heteroatoms. The first-order chi connectivity index (χ1) is 5.70. The minimum absolute atomic E-state index is 0.0894. The number of hydrogen-bond acceptors (Lipinski definition) is 2. The Morgan fingerprint density at radius 2 is 2.08 bits per heavy atom. The summed E-state index contributed by atoms with van der Waals surface area (Å²) in [6, 6.07) is 0. The van der Waals surface area contributed by atoms with Gasteiger partial charge in [-0.15, -0.1) is 0 Å². The predicted octanol–water partition coefficient (Wildman–Crippen LogP) is 1.75. The Morgan fingerprint density at radius 3 is 2.58 bits per heavy atom. The molecule has 0 bridgehead atoms. The summed E-state index contributed by atoms with van der Waals surface area (Å²) >= 11 is 0. The van der Waals surface area contributed by atoms with Crippen LogP contribution in [0, 0.1) is 13.8 Å². The molecule has 0 aliphatic rings. The lowest BCUT2D eigenvalue weighted by atomic mass is 10.0. The van der Waals surface area contributed by atoms with Crippen LogP contribution in [0.4, 0.5) is 0 Å². The Hall–Kier alpha value is -0.890. The lowest BCUT2D eigenvalue weighted by Crippen LogP contribution is -2.00. The lowest BCUT2D eigenvalue weighted by Gasteiger charge is -2.09. The summed E-state index contributed by atoms with van der Waals surface area (Å²) in [4.78, 5) is 4.22. The molecule has 1 aromatic rings. The number of hydrogen-bond donors (Lipinski definition) is 1. The standard InChI is InChI=1S/C10H15NO/c1-4-10-7(2)9(6-12)5-11-8(10)3/h5,12H,4,6H2,1-3H3.